The second-order valence-corrected chi connectivity index (χ2v) is 9.92. The summed E-state index contributed by atoms with van der Waals surface area (Å²) in [6, 6.07) is 10.1. The number of guanidine groups is 1. The van der Waals surface area contributed by atoms with Crippen LogP contribution in [0, 0.1) is 10.1 Å². The Balaban J connectivity index is 1.72. The highest BCUT2D eigenvalue weighted by Crippen LogP contribution is 2.19. The average Bonchev–Trinajstić information content (AvgIpc) is 3.29. The zero-order valence-electron chi connectivity index (χ0n) is 15.4. The molecule has 2 heterocycles. The van der Waals surface area contributed by atoms with E-state index in [9.17, 15) is 18.5 Å². The number of nitro benzene ring substituents is 1. The second-order valence-electron chi connectivity index (χ2n) is 6.71. The summed E-state index contributed by atoms with van der Waals surface area (Å²) in [7, 11) is -3.00. The molecule has 1 saturated heterocycles. The monoisotopic (exact) mass is 422 g/mol. The molecular weight excluding hydrogens is 400 g/mol. The Kier molecular flexibility index (Phi) is 6.30. The SMILES string of the molecule is CC(NC(=NCc1ccc([N+](=O)[O-])cc1)NC1CCS(=O)(=O)C1)c1cccs1. The fourth-order valence-corrected chi connectivity index (χ4v) is 5.35. The third-order valence-electron chi connectivity index (χ3n) is 4.46. The molecule has 1 aliphatic heterocycles. The first-order valence-electron chi connectivity index (χ1n) is 8.87. The van der Waals surface area contributed by atoms with Gasteiger partial charge in [-0.3, -0.25) is 10.1 Å². The lowest BCUT2D eigenvalue weighted by Crippen LogP contribution is -2.44. The quantitative estimate of drug-likeness (QED) is 0.320. The van der Waals surface area contributed by atoms with E-state index in [0.717, 1.165) is 10.4 Å². The van der Waals surface area contributed by atoms with Crippen molar-refractivity contribution in [1.82, 2.24) is 10.6 Å². The van der Waals surface area contributed by atoms with Gasteiger partial charge in [-0.25, -0.2) is 13.4 Å². The molecule has 28 heavy (non-hydrogen) atoms. The predicted octanol–water partition coefficient (Wildman–Crippen LogP) is 2.64. The Labute approximate surface area is 167 Å². The van der Waals surface area contributed by atoms with Crippen molar-refractivity contribution in [3.63, 3.8) is 0 Å². The number of hydrogen-bond acceptors (Lipinski definition) is 6. The summed E-state index contributed by atoms with van der Waals surface area (Å²) in [6.45, 7) is 2.34. The topological polar surface area (TPSA) is 114 Å². The lowest BCUT2D eigenvalue weighted by Gasteiger charge is -2.20. The Morgan fingerprint density at radius 1 is 1.36 bits per heavy atom. The van der Waals surface area contributed by atoms with Crippen molar-refractivity contribution < 1.29 is 13.3 Å². The normalized spacial score (nSPS) is 19.9. The van der Waals surface area contributed by atoms with Crippen LogP contribution in [-0.4, -0.2) is 36.8 Å². The standard InChI is InChI=1S/C18H22N4O4S2/c1-13(17-3-2-9-27-17)20-18(21-15-8-10-28(25,26)12-15)19-11-14-4-6-16(7-5-14)22(23)24/h2-7,9,13,15H,8,10-12H2,1H3,(H2,19,20,21). The molecule has 2 unspecified atom stereocenters. The molecule has 0 bridgehead atoms. The van der Waals surface area contributed by atoms with Crippen LogP contribution in [0.15, 0.2) is 46.8 Å². The van der Waals surface area contributed by atoms with Gasteiger partial charge in [0.1, 0.15) is 0 Å². The molecule has 0 radical (unpaired) electrons. The summed E-state index contributed by atoms with van der Waals surface area (Å²) in [5.74, 6) is 0.806. The molecule has 1 aromatic carbocycles. The minimum atomic E-state index is -3.00. The van der Waals surface area contributed by atoms with E-state index < -0.39 is 14.8 Å². The van der Waals surface area contributed by atoms with E-state index in [1.807, 2.05) is 24.4 Å². The molecule has 2 aromatic rings. The molecule has 1 fully saturated rings. The van der Waals surface area contributed by atoms with Gasteiger partial charge in [-0.15, -0.1) is 11.3 Å². The molecule has 8 nitrogen and oxygen atoms in total. The highest BCUT2D eigenvalue weighted by molar-refractivity contribution is 7.91. The number of rotatable bonds is 6. The summed E-state index contributed by atoms with van der Waals surface area (Å²) < 4.78 is 23.5. The zero-order valence-corrected chi connectivity index (χ0v) is 17.0. The number of sulfone groups is 1. The first kappa shape index (κ1) is 20.3. The number of aliphatic imine (C=N–C) groups is 1. The van der Waals surface area contributed by atoms with Gasteiger partial charge < -0.3 is 10.6 Å². The molecule has 0 aliphatic carbocycles. The molecule has 0 spiro atoms. The van der Waals surface area contributed by atoms with Crippen LogP contribution >= 0.6 is 11.3 Å². The fraction of sp³-hybridized carbons (Fsp3) is 0.389. The van der Waals surface area contributed by atoms with Gasteiger partial charge in [-0.2, -0.15) is 0 Å². The third kappa shape index (κ3) is 5.52. The number of non-ortho nitro benzene ring substituents is 1. The van der Waals surface area contributed by atoms with Crippen molar-refractivity contribution >= 4 is 32.8 Å². The third-order valence-corrected chi connectivity index (χ3v) is 7.29. The zero-order chi connectivity index (χ0) is 20.1. The van der Waals surface area contributed by atoms with Gasteiger partial charge in [0, 0.05) is 23.1 Å². The van der Waals surface area contributed by atoms with Crippen LogP contribution < -0.4 is 10.6 Å². The molecule has 0 amide bonds. The molecule has 1 aromatic heterocycles. The highest BCUT2D eigenvalue weighted by atomic mass is 32.2. The van der Waals surface area contributed by atoms with Crippen LogP contribution in [0.3, 0.4) is 0 Å². The number of nitrogens with one attached hydrogen (secondary N) is 2. The molecule has 3 rings (SSSR count). The van der Waals surface area contributed by atoms with Gasteiger partial charge >= 0.3 is 0 Å². The Morgan fingerprint density at radius 2 is 2.11 bits per heavy atom. The number of nitro groups is 1. The Morgan fingerprint density at radius 3 is 2.68 bits per heavy atom. The minimum Gasteiger partial charge on any atom is -0.353 e. The molecule has 1 aliphatic rings. The van der Waals surface area contributed by atoms with Crippen molar-refractivity contribution in [2.75, 3.05) is 11.5 Å². The van der Waals surface area contributed by atoms with Gasteiger partial charge in [-0.05, 0) is 30.4 Å². The Hall–Kier alpha value is -2.46. The summed E-state index contributed by atoms with van der Waals surface area (Å²) in [4.78, 5) is 16.0. The molecule has 10 heteroatoms. The van der Waals surface area contributed by atoms with Crippen LogP contribution in [0.5, 0.6) is 0 Å². The van der Waals surface area contributed by atoms with Crippen molar-refractivity contribution in [2.24, 2.45) is 4.99 Å². The van der Waals surface area contributed by atoms with Crippen LogP contribution in [0.1, 0.15) is 29.8 Å². The van der Waals surface area contributed by atoms with Crippen LogP contribution in [0.4, 0.5) is 5.69 Å². The van der Waals surface area contributed by atoms with Crippen LogP contribution in [-0.2, 0) is 16.4 Å². The summed E-state index contributed by atoms with van der Waals surface area (Å²) in [5, 5.41) is 19.3. The summed E-state index contributed by atoms with van der Waals surface area (Å²) in [5.41, 5.74) is 0.862. The number of nitrogens with zero attached hydrogens (tertiary/aromatic N) is 2. The van der Waals surface area contributed by atoms with Gasteiger partial charge in [0.15, 0.2) is 15.8 Å². The lowest BCUT2D eigenvalue weighted by molar-refractivity contribution is -0.384. The first-order valence-corrected chi connectivity index (χ1v) is 11.6. The van der Waals surface area contributed by atoms with Gasteiger partial charge in [0.05, 0.1) is 29.0 Å². The maximum atomic E-state index is 11.7. The molecule has 0 saturated carbocycles. The first-order chi connectivity index (χ1) is 13.3. The van der Waals surface area contributed by atoms with Crippen molar-refractivity contribution in [3.05, 3.63) is 62.3 Å². The van der Waals surface area contributed by atoms with Gasteiger partial charge in [-0.1, -0.05) is 18.2 Å². The average molecular weight is 423 g/mol. The van der Waals surface area contributed by atoms with E-state index >= 15 is 0 Å². The molecule has 150 valence electrons. The van der Waals surface area contributed by atoms with Gasteiger partial charge in [0.25, 0.3) is 5.69 Å². The maximum absolute atomic E-state index is 11.7. The van der Waals surface area contributed by atoms with E-state index in [1.54, 1.807) is 23.5 Å². The van der Waals surface area contributed by atoms with E-state index in [1.165, 1.54) is 12.1 Å². The van der Waals surface area contributed by atoms with Crippen molar-refractivity contribution in [1.29, 1.82) is 0 Å². The number of thiophene rings is 1. The lowest BCUT2D eigenvalue weighted by atomic mass is 10.2. The Bertz CT molecular complexity index is 940. The van der Waals surface area contributed by atoms with E-state index in [0.29, 0.717) is 18.9 Å². The number of benzene rings is 1. The van der Waals surface area contributed by atoms with E-state index in [-0.39, 0.29) is 29.3 Å². The van der Waals surface area contributed by atoms with E-state index in [2.05, 4.69) is 15.6 Å². The summed E-state index contributed by atoms with van der Waals surface area (Å²) >= 11 is 1.63. The van der Waals surface area contributed by atoms with Crippen LogP contribution in [0.2, 0.25) is 0 Å². The summed E-state index contributed by atoms with van der Waals surface area (Å²) in [6.07, 6.45) is 0.550. The fourth-order valence-electron chi connectivity index (χ4n) is 2.94. The molecule has 2 N–H and O–H groups in total. The minimum absolute atomic E-state index is 0.0149. The van der Waals surface area contributed by atoms with Crippen molar-refractivity contribution in [3.8, 4) is 0 Å². The van der Waals surface area contributed by atoms with Crippen LogP contribution in [0.25, 0.3) is 0 Å². The largest absolute Gasteiger partial charge is 0.353 e. The maximum Gasteiger partial charge on any atom is 0.269 e. The molecular formula is C18H22N4O4S2. The second kappa shape index (κ2) is 8.70. The van der Waals surface area contributed by atoms with Crippen molar-refractivity contribution in [2.45, 2.75) is 32.0 Å². The predicted molar refractivity (Wildman–Crippen MR) is 110 cm³/mol. The molecule has 2 atom stereocenters. The highest BCUT2D eigenvalue weighted by Gasteiger charge is 2.28. The van der Waals surface area contributed by atoms with Gasteiger partial charge in [0.2, 0.25) is 0 Å². The smallest absolute Gasteiger partial charge is 0.269 e. The van der Waals surface area contributed by atoms with E-state index in [4.69, 9.17) is 0 Å². The number of hydrogen-bond donors (Lipinski definition) is 2.